The molecule has 1 heterocycles. The molecule has 1 aromatic heterocycles. The van der Waals surface area contributed by atoms with Gasteiger partial charge in [0.1, 0.15) is 0 Å². The number of para-hydroxylation sites is 1. The Hall–Kier alpha value is -2.14. The lowest BCUT2D eigenvalue weighted by molar-refractivity contribution is -0.117. The maximum atomic E-state index is 12.4. The molecule has 1 fully saturated rings. The minimum atomic E-state index is -0.00283. The third-order valence-electron chi connectivity index (χ3n) is 4.21. The van der Waals surface area contributed by atoms with Crippen molar-refractivity contribution in [1.82, 2.24) is 4.90 Å². The standard InChI is InChI=1S/C18H20N2O2S/c1-12-10-14(12)17(21)19-15-7-4-3-6-13(15)11-20(2)18(22)16-8-5-9-23-16/h3-9,12,14H,10-11H2,1-2H3,(H,19,21)/t12-,14+/m0/s1. The van der Waals surface area contributed by atoms with Gasteiger partial charge in [0.15, 0.2) is 0 Å². The molecular formula is C18H20N2O2S. The third-order valence-corrected chi connectivity index (χ3v) is 5.07. The first-order chi connectivity index (χ1) is 11.1. The minimum Gasteiger partial charge on any atom is -0.337 e. The molecule has 1 N–H and O–H groups in total. The first-order valence-corrected chi connectivity index (χ1v) is 8.62. The van der Waals surface area contributed by atoms with E-state index in [9.17, 15) is 9.59 Å². The van der Waals surface area contributed by atoms with Crippen molar-refractivity contribution in [3.05, 3.63) is 52.2 Å². The van der Waals surface area contributed by atoms with Crippen molar-refractivity contribution in [3.8, 4) is 0 Å². The van der Waals surface area contributed by atoms with Gasteiger partial charge in [0.05, 0.1) is 4.88 Å². The molecule has 4 nitrogen and oxygen atoms in total. The van der Waals surface area contributed by atoms with Gasteiger partial charge in [-0.1, -0.05) is 31.2 Å². The van der Waals surface area contributed by atoms with E-state index in [0.717, 1.165) is 22.5 Å². The lowest BCUT2D eigenvalue weighted by Crippen LogP contribution is -2.26. The Labute approximate surface area is 140 Å². The first-order valence-electron chi connectivity index (χ1n) is 7.74. The van der Waals surface area contributed by atoms with E-state index in [2.05, 4.69) is 12.2 Å². The summed E-state index contributed by atoms with van der Waals surface area (Å²) in [6.45, 7) is 2.55. The van der Waals surface area contributed by atoms with Crippen LogP contribution in [-0.2, 0) is 11.3 Å². The topological polar surface area (TPSA) is 49.4 Å². The second-order valence-electron chi connectivity index (χ2n) is 6.10. The largest absolute Gasteiger partial charge is 0.337 e. The summed E-state index contributed by atoms with van der Waals surface area (Å²) in [4.78, 5) is 26.9. The first kappa shape index (κ1) is 15.7. The summed E-state index contributed by atoms with van der Waals surface area (Å²) in [5.41, 5.74) is 1.74. The Kier molecular flexibility index (Phi) is 4.48. The minimum absolute atomic E-state index is 0.00283. The quantitative estimate of drug-likeness (QED) is 0.911. The molecule has 1 aliphatic carbocycles. The van der Waals surface area contributed by atoms with Crippen molar-refractivity contribution in [2.45, 2.75) is 19.9 Å². The van der Waals surface area contributed by atoms with Crippen LogP contribution in [0.5, 0.6) is 0 Å². The van der Waals surface area contributed by atoms with Crippen LogP contribution in [0.25, 0.3) is 0 Å². The van der Waals surface area contributed by atoms with Crippen LogP contribution < -0.4 is 5.32 Å². The second-order valence-corrected chi connectivity index (χ2v) is 7.05. The Morgan fingerprint density at radius 2 is 2.00 bits per heavy atom. The lowest BCUT2D eigenvalue weighted by Gasteiger charge is -2.19. The van der Waals surface area contributed by atoms with E-state index < -0.39 is 0 Å². The van der Waals surface area contributed by atoms with Gasteiger partial charge in [-0.25, -0.2) is 0 Å². The van der Waals surface area contributed by atoms with E-state index in [-0.39, 0.29) is 17.7 Å². The highest BCUT2D eigenvalue weighted by Crippen LogP contribution is 2.38. The average molecular weight is 328 g/mol. The maximum absolute atomic E-state index is 12.4. The fraction of sp³-hybridized carbons (Fsp3) is 0.333. The zero-order valence-corrected chi connectivity index (χ0v) is 14.1. The van der Waals surface area contributed by atoms with Gasteiger partial charge in [-0.2, -0.15) is 0 Å². The number of rotatable bonds is 5. The van der Waals surface area contributed by atoms with E-state index in [1.165, 1.54) is 11.3 Å². The lowest BCUT2D eigenvalue weighted by atomic mass is 10.1. The zero-order chi connectivity index (χ0) is 16.4. The third kappa shape index (κ3) is 3.62. The summed E-state index contributed by atoms with van der Waals surface area (Å²) in [6, 6.07) is 11.4. The molecule has 0 aliphatic heterocycles. The van der Waals surface area contributed by atoms with E-state index >= 15 is 0 Å². The summed E-state index contributed by atoms with van der Waals surface area (Å²) in [5, 5.41) is 4.90. The summed E-state index contributed by atoms with van der Waals surface area (Å²) >= 11 is 1.44. The molecular weight excluding hydrogens is 308 g/mol. The highest BCUT2D eigenvalue weighted by Gasteiger charge is 2.39. The fourth-order valence-corrected chi connectivity index (χ4v) is 3.33. The Morgan fingerprint density at radius 1 is 1.26 bits per heavy atom. The predicted octanol–water partition coefficient (Wildman–Crippen LogP) is 3.61. The maximum Gasteiger partial charge on any atom is 0.263 e. The van der Waals surface area contributed by atoms with Crippen molar-refractivity contribution in [1.29, 1.82) is 0 Å². The SMILES string of the molecule is C[C@H]1C[C@H]1C(=O)Nc1ccccc1CN(C)C(=O)c1cccs1. The molecule has 1 aromatic carbocycles. The Morgan fingerprint density at radius 3 is 2.65 bits per heavy atom. The van der Waals surface area contributed by atoms with Gasteiger partial charge in [-0.05, 0) is 35.4 Å². The zero-order valence-electron chi connectivity index (χ0n) is 13.3. The van der Waals surface area contributed by atoms with Crippen LogP contribution in [0.15, 0.2) is 41.8 Å². The fourth-order valence-electron chi connectivity index (χ4n) is 2.61. The van der Waals surface area contributed by atoms with Gasteiger partial charge in [0, 0.05) is 25.2 Å². The molecule has 2 amide bonds. The molecule has 3 rings (SSSR count). The van der Waals surface area contributed by atoms with Crippen LogP contribution in [0.4, 0.5) is 5.69 Å². The van der Waals surface area contributed by atoms with Crippen molar-refractivity contribution < 1.29 is 9.59 Å². The average Bonchev–Trinajstić information content (AvgIpc) is 3.04. The smallest absolute Gasteiger partial charge is 0.263 e. The predicted molar refractivity (Wildman–Crippen MR) is 92.5 cm³/mol. The molecule has 2 atom stereocenters. The number of benzene rings is 1. The molecule has 0 unspecified atom stereocenters. The number of nitrogens with zero attached hydrogens (tertiary/aromatic N) is 1. The van der Waals surface area contributed by atoms with Gasteiger partial charge >= 0.3 is 0 Å². The van der Waals surface area contributed by atoms with Crippen LogP contribution in [0.2, 0.25) is 0 Å². The molecule has 5 heteroatoms. The summed E-state index contributed by atoms with van der Waals surface area (Å²) in [7, 11) is 1.78. The highest BCUT2D eigenvalue weighted by atomic mass is 32.1. The van der Waals surface area contributed by atoms with Crippen LogP contribution in [-0.4, -0.2) is 23.8 Å². The van der Waals surface area contributed by atoms with Crippen LogP contribution >= 0.6 is 11.3 Å². The van der Waals surface area contributed by atoms with Crippen molar-refractivity contribution >= 4 is 28.8 Å². The molecule has 23 heavy (non-hydrogen) atoms. The number of thiophene rings is 1. The Balaban J connectivity index is 1.70. The van der Waals surface area contributed by atoms with Crippen LogP contribution in [0.1, 0.15) is 28.6 Å². The van der Waals surface area contributed by atoms with E-state index in [1.807, 2.05) is 41.8 Å². The summed E-state index contributed by atoms with van der Waals surface area (Å²) < 4.78 is 0. The molecule has 0 spiro atoms. The van der Waals surface area contributed by atoms with Crippen molar-refractivity contribution in [2.75, 3.05) is 12.4 Å². The molecule has 1 aliphatic rings. The monoisotopic (exact) mass is 328 g/mol. The number of hydrogen-bond donors (Lipinski definition) is 1. The highest BCUT2D eigenvalue weighted by molar-refractivity contribution is 7.12. The van der Waals surface area contributed by atoms with Gasteiger partial charge in [0.25, 0.3) is 5.91 Å². The Bertz CT molecular complexity index is 712. The number of hydrogen-bond acceptors (Lipinski definition) is 3. The molecule has 1 saturated carbocycles. The number of amides is 2. The van der Waals surface area contributed by atoms with Gasteiger partial charge in [0.2, 0.25) is 5.91 Å². The number of nitrogens with one attached hydrogen (secondary N) is 1. The molecule has 0 bridgehead atoms. The van der Waals surface area contributed by atoms with E-state index in [0.29, 0.717) is 12.5 Å². The molecule has 0 radical (unpaired) electrons. The normalized spacial score (nSPS) is 19.2. The summed E-state index contributed by atoms with van der Waals surface area (Å²) in [5.74, 6) is 0.688. The van der Waals surface area contributed by atoms with Crippen molar-refractivity contribution in [3.63, 3.8) is 0 Å². The number of anilines is 1. The van der Waals surface area contributed by atoms with Crippen LogP contribution in [0, 0.1) is 11.8 Å². The molecule has 2 aromatic rings. The van der Waals surface area contributed by atoms with E-state index in [4.69, 9.17) is 0 Å². The molecule has 0 saturated heterocycles. The summed E-state index contributed by atoms with van der Waals surface area (Å²) in [6.07, 6.45) is 0.963. The number of carbonyl (C=O) groups excluding carboxylic acids is 2. The van der Waals surface area contributed by atoms with Crippen LogP contribution in [0.3, 0.4) is 0 Å². The van der Waals surface area contributed by atoms with E-state index in [1.54, 1.807) is 11.9 Å². The van der Waals surface area contributed by atoms with Gasteiger partial charge in [-0.15, -0.1) is 11.3 Å². The second kappa shape index (κ2) is 6.54. The van der Waals surface area contributed by atoms with Crippen molar-refractivity contribution in [2.24, 2.45) is 11.8 Å². The number of carbonyl (C=O) groups is 2. The van der Waals surface area contributed by atoms with Gasteiger partial charge in [-0.3, -0.25) is 9.59 Å². The van der Waals surface area contributed by atoms with Gasteiger partial charge < -0.3 is 10.2 Å². The molecule has 120 valence electrons.